The van der Waals surface area contributed by atoms with Crippen molar-refractivity contribution in [2.24, 2.45) is 0 Å². The minimum absolute atomic E-state index is 0. The molecule has 0 heterocycles. The minimum atomic E-state index is -3.45. The number of hydrogen-bond acceptors (Lipinski definition) is 4. The average molecular weight is 398 g/mol. The zero-order valence-corrected chi connectivity index (χ0v) is 16.2. The van der Waals surface area contributed by atoms with Gasteiger partial charge in [-0.25, -0.2) is 8.42 Å². The molecule has 0 aromatic heterocycles. The second-order valence-corrected chi connectivity index (χ2v) is 7.56. The normalized spacial score (nSPS) is 10.7. The van der Waals surface area contributed by atoms with Crippen LogP contribution in [0.2, 0.25) is 0 Å². The fourth-order valence-corrected chi connectivity index (χ4v) is 3.51. The van der Waals surface area contributed by atoms with Gasteiger partial charge in [0.15, 0.2) is 0 Å². The van der Waals surface area contributed by atoms with Crippen molar-refractivity contribution in [3.8, 4) is 0 Å². The fraction of sp³-hybridized carbons (Fsp3) is 0.278. The van der Waals surface area contributed by atoms with Crippen LogP contribution in [0, 0.1) is 0 Å². The molecule has 0 aliphatic carbocycles. The van der Waals surface area contributed by atoms with Gasteiger partial charge in [-0.05, 0) is 42.7 Å². The van der Waals surface area contributed by atoms with Crippen LogP contribution in [-0.2, 0) is 16.4 Å². The standard InChI is InChI=1S/C18H23N3O3S.ClH/c1-2-13-25(23,24)21-17-6-4-3-5-16(17)18(22)20-12-11-14-7-9-15(19)10-8-14;/h3-10,21H,2,11-13,19H2,1H3,(H,20,22);1H. The fourth-order valence-electron chi connectivity index (χ4n) is 2.36. The summed E-state index contributed by atoms with van der Waals surface area (Å²) in [7, 11) is -3.45. The van der Waals surface area contributed by atoms with Crippen molar-refractivity contribution in [1.82, 2.24) is 5.32 Å². The second kappa shape index (κ2) is 10.0. The van der Waals surface area contributed by atoms with Crippen LogP contribution >= 0.6 is 12.4 Å². The summed E-state index contributed by atoms with van der Waals surface area (Å²) in [5.74, 6) is -0.301. The summed E-state index contributed by atoms with van der Waals surface area (Å²) in [6.45, 7) is 2.23. The van der Waals surface area contributed by atoms with E-state index in [1.165, 1.54) is 0 Å². The molecule has 26 heavy (non-hydrogen) atoms. The van der Waals surface area contributed by atoms with Gasteiger partial charge in [-0.1, -0.05) is 31.2 Å². The number of hydrogen-bond donors (Lipinski definition) is 3. The van der Waals surface area contributed by atoms with Crippen molar-refractivity contribution in [3.63, 3.8) is 0 Å². The number of nitrogens with one attached hydrogen (secondary N) is 2. The lowest BCUT2D eigenvalue weighted by Crippen LogP contribution is -2.27. The first kappa shape index (κ1) is 21.8. The molecule has 0 fully saturated rings. The van der Waals surface area contributed by atoms with Crippen LogP contribution in [-0.4, -0.2) is 26.6 Å². The number of sulfonamides is 1. The third-order valence-electron chi connectivity index (χ3n) is 3.59. The van der Waals surface area contributed by atoms with Crippen LogP contribution in [0.1, 0.15) is 29.3 Å². The number of carbonyl (C=O) groups is 1. The molecule has 0 unspecified atom stereocenters. The molecule has 0 saturated carbocycles. The Kier molecular flexibility index (Phi) is 8.41. The van der Waals surface area contributed by atoms with Crippen molar-refractivity contribution in [1.29, 1.82) is 0 Å². The van der Waals surface area contributed by atoms with Gasteiger partial charge in [-0.3, -0.25) is 9.52 Å². The SMILES string of the molecule is CCCS(=O)(=O)Nc1ccccc1C(=O)NCCc1ccc(N)cc1.Cl. The topological polar surface area (TPSA) is 101 Å². The molecule has 6 nitrogen and oxygen atoms in total. The number of para-hydroxylation sites is 1. The van der Waals surface area contributed by atoms with E-state index in [0.717, 1.165) is 5.56 Å². The number of nitrogen functional groups attached to an aromatic ring is 1. The molecule has 0 aliphatic heterocycles. The Morgan fingerprint density at radius 3 is 2.38 bits per heavy atom. The van der Waals surface area contributed by atoms with Gasteiger partial charge in [0.05, 0.1) is 17.0 Å². The van der Waals surface area contributed by atoms with Gasteiger partial charge in [0.25, 0.3) is 5.91 Å². The van der Waals surface area contributed by atoms with Crippen molar-refractivity contribution >= 4 is 39.7 Å². The Morgan fingerprint density at radius 1 is 1.08 bits per heavy atom. The zero-order chi connectivity index (χ0) is 18.3. The molecule has 142 valence electrons. The smallest absolute Gasteiger partial charge is 0.253 e. The molecule has 8 heteroatoms. The molecule has 2 rings (SSSR count). The second-order valence-electron chi connectivity index (χ2n) is 5.71. The monoisotopic (exact) mass is 397 g/mol. The summed E-state index contributed by atoms with van der Waals surface area (Å²) in [6, 6.07) is 14.0. The van der Waals surface area contributed by atoms with E-state index in [-0.39, 0.29) is 24.1 Å². The molecule has 0 spiro atoms. The molecule has 4 N–H and O–H groups in total. The average Bonchev–Trinajstić information content (AvgIpc) is 2.56. The van der Waals surface area contributed by atoms with E-state index in [0.29, 0.717) is 36.3 Å². The highest BCUT2D eigenvalue weighted by Crippen LogP contribution is 2.17. The maximum Gasteiger partial charge on any atom is 0.253 e. The number of halogens is 1. The predicted octanol–water partition coefficient (Wildman–Crippen LogP) is 2.81. The van der Waals surface area contributed by atoms with Crippen molar-refractivity contribution in [2.45, 2.75) is 19.8 Å². The molecule has 0 aliphatic rings. The third-order valence-corrected chi connectivity index (χ3v) is 5.07. The van der Waals surface area contributed by atoms with Crippen LogP contribution in [0.4, 0.5) is 11.4 Å². The molecule has 0 atom stereocenters. The Morgan fingerprint density at radius 2 is 1.73 bits per heavy atom. The van der Waals surface area contributed by atoms with Gasteiger partial charge in [-0.2, -0.15) is 0 Å². The van der Waals surface area contributed by atoms with Crippen molar-refractivity contribution in [3.05, 3.63) is 59.7 Å². The van der Waals surface area contributed by atoms with Crippen LogP contribution in [0.25, 0.3) is 0 Å². The van der Waals surface area contributed by atoms with E-state index < -0.39 is 10.0 Å². The molecule has 0 saturated heterocycles. The highest BCUT2D eigenvalue weighted by atomic mass is 35.5. The van der Waals surface area contributed by atoms with Gasteiger partial charge in [0.2, 0.25) is 10.0 Å². The summed E-state index contributed by atoms with van der Waals surface area (Å²) in [5.41, 5.74) is 8.00. The van der Waals surface area contributed by atoms with E-state index in [2.05, 4.69) is 10.0 Å². The van der Waals surface area contributed by atoms with Gasteiger partial charge < -0.3 is 11.1 Å². The Balaban J connectivity index is 0.00000338. The maximum atomic E-state index is 12.4. The summed E-state index contributed by atoms with van der Waals surface area (Å²) >= 11 is 0. The quantitative estimate of drug-likeness (QED) is 0.596. The van der Waals surface area contributed by atoms with E-state index in [1.807, 2.05) is 24.3 Å². The van der Waals surface area contributed by atoms with Gasteiger partial charge >= 0.3 is 0 Å². The molecule has 1 amide bonds. The minimum Gasteiger partial charge on any atom is -0.399 e. The first-order valence-electron chi connectivity index (χ1n) is 8.13. The predicted molar refractivity (Wildman–Crippen MR) is 108 cm³/mol. The number of nitrogens with two attached hydrogens (primary N) is 1. The molecular formula is C18H24ClN3O3S. The summed E-state index contributed by atoms with van der Waals surface area (Å²) in [6.07, 6.45) is 1.17. The number of rotatable bonds is 8. The van der Waals surface area contributed by atoms with Crippen LogP contribution in [0.5, 0.6) is 0 Å². The number of amides is 1. The van der Waals surface area contributed by atoms with Crippen molar-refractivity contribution < 1.29 is 13.2 Å². The molecular weight excluding hydrogens is 374 g/mol. The molecule has 0 radical (unpaired) electrons. The first-order valence-corrected chi connectivity index (χ1v) is 9.78. The Hall–Kier alpha value is -2.25. The molecule has 0 bridgehead atoms. The molecule has 2 aromatic carbocycles. The Bertz CT molecular complexity index is 824. The van der Waals surface area contributed by atoms with Gasteiger partial charge in [0, 0.05) is 12.2 Å². The molecule has 2 aromatic rings. The number of benzene rings is 2. The van der Waals surface area contributed by atoms with Gasteiger partial charge in [0.1, 0.15) is 0 Å². The zero-order valence-electron chi connectivity index (χ0n) is 14.6. The van der Waals surface area contributed by atoms with E-state index >= 15 is 0 Å². The third kappa shape index (κ3) is 6.57. The maximum absolute atomic E-state index is 12.4. The van der Waals surface area contributed by atoms with Crippen LogP contribution < -0.4 is 15.8 Å². The largest absolute Gasteiger partial charge is 0.399 e. The van der Waals surface area contributed by atoms with E-state index in [1.54, 1.807) is 31.2 Å². The van der Waals surface area contributed by atoms with Crippen LogP contribution in [0.3, 0.4) is 0 Å². The number of carbonyl (C=O) groups excluding carboxylic acids is 1. The van der Waals surface area contributed by atoms with Gasteiger partial charge in [-0.15, -0.1) is 12.4 Å². The van der Waals surface area contributed by atoms with Crippen molar-refractivity contribution in [2.75, 3.05) is 22.8 Å². The van der Waals surface area contributed by atoms with E-state index in [9.17, 15) is 13.2 Å². The lowest BCUT2D eigenvalue weighted by atomic mass is 10.1. The lowest BCUT2D eigenvalue weighted by molar-refractivity contribution is 0.0955. The highest BCUT2D eigenvalue weighted by Gasteiger charge is 2.15. The lowest BCUT2D eigenvalue weighted by Gasteiger charge is -2.12. The Labute approximate surface area is 160 Å². The summed E-state index contributed by atoms with van der Waals surface area (Å²) in [5, 5.41) is 2.82. The first-order chi connectivity index (χ1) is 11.9. The van der Waals surface area contributed by atoms with E-state index in [4.69, 9.17) is 5.73 Å². The summed E-state index contributed by atoms with van der Waals surface area (Å²) < 4.78 is 26.4. The number of anilines is 2. The van der Waals surface area contributed by atoms with Crippen LogP contribution in [0.15, 0.2) is 48.5 Å². The highest BCUT2D eigenvalue weighted by molar-refractivity contribution is 7.92. The summed E-state index contributed by atoms with van der Waals surface area (Å²) in [4.78, 5) is 12.4.